The van der Waals surface area contributed by atoms with E-state index >= 15 is 0 Å². The molecule has 1 aliphatic carbocycles. The predicted octanol–water partition coefficient (Wildman–Crippen LogP) is 4.26. The summed E-state index contributed by atoms with van der Waals surface area (Å²) in [6, 6.07) is 6.71. The average molecular weight is 339 g/mol. The Hall–Kier alpha value is -2.47. The van der Waals surface area contributed by atoms with Crippen molar-refractivity contribution in [3.8, 4) is 0 Å². The molecule has 0 radical (unpaired) electrons. The smallest absolute Gasteiger partial charge is 0.335 e. The molecule has 0 amide bonds. The number of aryl methyl sites for hydroxylation is 1. The third-order valence-electron chi connectivity index (χ3n) is 4.49. The van der Waals surface area contributed by atoms with Gasteiger partial charge in [0.05, 0.1) is 10.9 Å². The van der Waals surface area contributed by atoms with Crippen LogP contribution in [0.5, 0.6) is 0 Å². The van der Waals surface area contributed by atoms with Gasteiger partial charge in [0, 0.05) is 10.6 Å². The zero-order valence-electron chi connectivity index (χ0n) is 13.2. The summed E-state index contributed by atoms with van der Waals surface area (Å²) in [6.07, 6.45) is 4.96. The Morgan fingerprint density at radius 2 is 2.08 bits per heavy atom. The summed E-state index contributed by atoms with van der Waals surface area (Å²) >= 11 is 1.77. The number of nitrogens with one attached hydrogen (secondary N) is 1. The number of benzene rings is 1. The number of aromatic nitrogens is 2. The average Bonchev–Trinajstić information content (AvgIpc) is 2.93. The summed E-state index contributed by atoms with van der Waals surface area (Å²) in [5.74, 6) is 0.598. The number of thiophene rings is 1. The highest BCUT2D eigenvalue weighted by atomic mass is 32.1. The van der Waals surface area contributed by atoms with Crippen molar-refractivity contribution in [1.82, 2.24) is 9.97 Å². The normalized spacial score (nSPS) is 16.8. The fourth-order valence-electron chi connectivity index (χ4n) is 3.20. The minimum Gasteiger partial charge on any atom is -0.478 e. The molecule has 0 spiro atoms. The number of rotatable bonds is 3. The van der Waals surface area contributed by atoms with Crippen molar-refractivity contribution in [3.05, 3.63) is 46.6 Å². The Morgan fingerprint density at radius 1 is 1.29 bits per heavy atom. The second-order valence-corrected chi connectivity index (χ2v) is 7.35. The van der Waals surface area contributed by atoms with Crippen LogP contribution in [0.1, 0.15) is 34.1 Å². The monoisotopic (exact) mass is 339 g/mol. The Kier molecular flexibility index (Phi) is 3.69. The first-order valence-corrected chi connectivity index (χ1v) is 8.79. The molecule has 0 aliphatic heterocycles. The van der Waals surface area contributed by atoms with E-state index in [0.29, 0.717) is 0 Å². The fraction of sp³-hybridized carbons (Fsp3) is 0.278. The van der Waals surface area contributed by atoms with Gasteiger partial charge in [0.2, 0.25) is 0 Å². The lowest BCUT2D eigenvalue weighted by molar-refractivity contribution is 0.0697. The van der Waals surface area contributed by atoms with Crippen molar-refractivity contribution in [1.29, 1.82) is 0 Å². The van der Waals surface area contributed by atoms with Gasteiger partial charge in [-0.15, -0.1) is 11.3 Å². The summed E-state index contributed by atoms with van der Waals surface area (Å²) < 4.78 is 0. The Bertz CT molecular complexity index is 918. The van der Waals surface area contributed by atoms with Gasteiger partial charge in [-0.2, -0.15) is 0 Å². The van der Waals surface area contributed by atoms with Crippen molar-refractivity contribution >= 4 is 39.0 Å². The Morgan fingerprint density at radius 3 is 2.83 bits per heavy atom. The van der Waals surface area contributed by atoms with Crippen LogP contribution in [0.4, 0.5) is 11.5 Å². The highest BCUT2D eigenvalue weighted by molar-refractivity contribution is 7.19. The number of nitrogens with zero attached hydrogens (tertiary/aromatic N) is 2. The maximum absolute atomic E-state index is 11.0. The number of hydrogen-bond donors (Lipinski definition) is 2. The molecule has 2 heterocycles. The molecule has 0 saturated heterocycles. The molecule has 1 atom stereocenters. The summed E-state index contributed by atoms with van der Waals surface area (Å²) in [5.41, 5.74) is 2.47. The third kappa shape index (κ3) is 2.63. The SMILES string of the molecule is C[C@@H]1CCc2c(sc3ncnc(Nc4ccc(C(=O)O)cc4)c23)C1. The summed E-state index contributed by atoms with van der Waals surface area (Å²) in [5, 5.41) is 13.4. The molecule has 2 aromatic heterocycles. The molecule has 24 heavy (non-hydrogen) atoms. The lowest BCUT2D eigenvalue weighted by Crippen LogP contribution is -2.09. The van der Waals surface area contributed by atoms with Gasteiger partial charge in [-0.1, -0.05) is 6.92 Å². The van der Waals surface area contributed by atoms with Crippen LogP contribution >= 0.6 is 11.3 Å². The molecule has 4 rings (SSSR count). The number of hydrogen-bond acceptors (Lipinski definition) is 5. The first kappa shape index (κ1) is 15.1. The molecule has 5 nitrogen and oxygen atoms in total. The largest absolute Gasteiger partial charge is 0.478 e. The van der Waals surface area contributed by atoms with Crippen LogP contribution in [0.3, 0.4) is 0 Å². The number of carboxylic acid groups (broad SMARTS) is 1. The number of carboxylic acids is 1. The van der Waals surface area contributed by atoms with Gasteiger partial charge in [-0.05, 0) is 55.0 Å². The minimum absolute atomic E-state index is 0.273. The first-order chi connectivity index (χ1) is 11.6. The zero-order valence-corrected chi connectivity index (χ0v) is 14.1. The fourth-order valence-corrected chi connectivity index (χ4v) is 4.55. The van der Waals surface area contributed by atoms with Gasteiger partial charge >= 0.3 is 5.97 Å². The van der Waals surface area contributed by atoms with Gasteiger partial charge in [0.1, 0.15) is 17.0 Å². The molecule has 1 aromatic carbocycles. The molecule has 1 aliphatic rings. The van der Waals surface area contributed by atoms with E-state index in [1.165, 1.54) is 16.9 Å². The van der Waals surface area contributed by atoms with Gasteiger partial charge in [0.15, 0.2) is 0 Å². The van der Waals surface area contributed by atoms with Crippen LogP contribution in [-0.2, 0) is 12.8 Å². The van der Waals surface area contributed by atoms with Crippen molar-refractivity contribution in [2.24, 2.45) is 5.92 Å². The van der Waals surface area contributed by atoms with Crippen LogP contribution < -0.4 is 5.32 Å². The van der Waals surface area contributed by atoms with Crippen molar-refractivity contribution in [2.75, 3.05) is 5.32 Å². The quantitative estimate of drug-likeness (QED) is 0.746. The van der Waals surface area contributed by atoms with Gasteiger partial charge in [-0.3, -0.25) is 0 Å². The van der Waals surface area contributed by atoms with Crippen LogP contribution in [0, 0.1) is 5.92 Å². The van der Waals surface area contributed by atoms with Crippen LogP contribution in [0.2, 0.25) is 0 Å². The molecule has 122 valence electrons. The molecule has 0 saturated carbocycles. The molecule has 2 N–H and O–H groups in total. The molecular weight excluding hydrogens is 322 g/mol. The predicted molar refractivity (Wildman–Crippen MR) is 95.3 cm³/mol. The maximum Gasteiger partial charge on any atom is 0.335 e. The standard InChI is InChI=1S/C18H17N3O2S/c1-10-2-7-13-14(8-10)24-17-15(13)16(19-9-20-17)21-12-5-3-11(4-6-12)18(22)23/h3-6,9-10H,2,7-8H2,1H3,(H,22,23)(H,19,20,21)/t10-/m1/s1. The van der Waals surface area contributed by atoms with E-state index in [9.17, 15) is 4.79 Å². The highest BCUT2D eigenvalue weighted by Crippen LogP contribution is 2.40. The number of fused-ring (bicyclic) bond motifs is 3. The van der Waals surface area contributed by atoms with Crippen molar-refractivity contribution < 1.29 is 9.90 Å². The molecule has 3 aromatic rings. The lowest BCUT2D eigenvalue weighted by atomic mass is 9.89. The number of anilines is 2. The third-order valence-corrected chi connectivity index (χ3v) is 5.65. The highest BCUT2D eigenvalue weighted by Gasteiger charge is 2.23. The van der Waals surface area contributed by atoms with E-state index in [0.717, 1.165) is 40.5 Å². The molecule has 0 fully saturated rings. The van der Waals surface area contributed by atoms with E-state index in [1.54, 1.807) is 41.9 Å². The molecule has 0 unspecified atom stereocenters. The molecular formula is C18H17N3O2S. The van der Waals surface area contributed by atoms with Crippen LogP contribution in [-0.4, -0.2) is 21.0 Å². The van der Waals surface area contributed by atoms with Gasteiger partial charge in [-0.25, -0.2) is 14.8 Å². The van der Waals surface area contributed by atoms with E-state index in [4.69, 9.17) is 5.11 Å². The second kappa shape index (κ2) is 5.87. The minimum atomic E-state index is -0.924. The lowest BCUT2D eigenvalue weighted by Gasteiger charge is -2.18. The zero-order chi connectivity index (χ0) is 16.7. The molecule has 6 heteroatoms. The maximum atomic E-state index is 11.0. The Labute approximate surface area is 143 Å². The van der Waals surface area contributed by atoms with Crippen LogP contribution in [0.15, 0.2) is 30.6 Å². The summed E-state index contributed by atoms with van der Waals surface area (Å²) in [7, 11) is 0. The van der Waals surface area contributed by atoms with Gasteiger partial charge < -0.3 is 10.4 Å². The van der Waals surface area contributed by atoms with Crippen molar-refractivity contribution in [2.45, 2.75) is 26.2 Å². The first-order valence-electron chi connectivity index (χ1n) is 7.97. The van der Waals surface area contributed by atoms with Gasteiger partial charge in [0.25, 0.3) is 0 Å². The summed E-state index contributed by atoms with van der Waals surface area (Å²) in [4.78, 5) is 22.3. The topological polar surface area (TPSA) is 75.1 Å². The van der Waals surface area contributed by atoms with E-state index < -0.39 is 5.97 Å². The van der Waals surface area contributed by atoms with E-state index in [1.807, 2.05) is 0 Å². The van der Waals surface area contributed by atoms with Crippen LogP contribution in [0.25, 0.3) is 10.2 Å². The summed E-state index contributed by atoms with van der Waals surface area (Å²) in [6.45, 7) is 2.29. The van der Waals surface area contributed by atoms with Crippen molar-refractivity contribution in [3.63, 3.8) is 0 Å². The Balaban J connectivity index is 1.73. The number of carbonyl (C=O) groups is 1. The number of aromatic carboxylic acids is 1. The second-order valence-electron chi connectivity index (χ2n) is 6.26. The van der Waals surface area contributed by atoms with E-state index in [-0.39, 0.29) is 5.56 Å². The molecule has 0 bridgehead atoms. The van der Waals surface area contributed by atoms with E-state index in [2.05, 4.69) is 22.2 Å².